The van der Waals surface area contributed by atoms with E-state index in [0.29, 0.717) is 108 Å². The Morgan fingerprint density at radius 3 is 0.861 bits per heavy atom. The number of anilines is 4. The Morgan fingerprint density at radius 1 is 0.343 bits per heavy atom. The van der Waals surface area contributed by atoms with Gasteiger partial charge in [0.25, 0.3) is 0 Å². The second-order valence-electron chi connectivity index (χ2n) is 26.5. The predicted molar refractivity (Wildman–Crippen MR) is 408 cm³/mol. The molecule has 8 aromatic carbocycles. The normalized spacial score (nSPS) is 12.2. The van der Waals surface area contributed by atoms with Crippen LogP contribution in [0.4, 0.5) is 45.2 Å². The number of rotatable bonds is 12. The lowest BCUT2D eigenvalue weighted by Crippen LogP contribution is -2.19. The SMILES string of the molecule is Cc1nc2c(nc1NC(=O)Cc1ccc(Br)cc1)CCc1cc(F)ccc1-2.Cc1nc2c(nc1NC(=O)Cc1ccc(Cl)cc1)CCc1cc(F)ccc1-2.Cc1nc2c(nc1NC(=O)Cc1ccc(F)cc1)CCc1cc(F)ccc1-2.Cc1nc2c(nc1NC(=O)Cc1ccc(O)cc1)CCc1cc(F)ccc1-2. The zero-order valence-electron chi connectivity index (χ0n) is 59.0. The third kappa shape index (κ3) is 18.2. The van der Waals surface area contributed by atoms with Gasteiger partial charge in [-0.25, -0.2) is 61.8 Å². The number of phenolic OH excluding ortho intramolecular Hbond substituents is 1. The number of halogens is 7. The monoisotopic (exact) mass is 1530 g/mol. The van der Waals surface area contributed by atoms with Crippen LogP contribution in [0.1, 0.15) is 90.1 Å². The van der Waals surface area contributed by atoms with E-state index in [-0.39, 0.29) is 84.1 Å². The Labute approximate surface area is 632 Å². The number of hydrogen-bond donors (Lipinski definition) is 5. The van der Waals surface area contributed by atoms with E-state index in [2.05, 4.69) is 77.1 Å². The van der Waals surface area contributed by atoms with Gasteiger partial charge in [0.1, 0.15) is 34.8 Å². The standard InChI is InChI=1S/C21H17BrFN3O.C21H17ClFN3O.C21H17F2N3O.C21H18FN3O2/c3*1-12-21(26-19(27)10-13-2-5-15(22)6-3-13)25-18-9-4-14-11-16(23)7-8-17(14)20(18)24-12;1-12-21(25-19(27)10-13-2-6-16(26)7-3-13)24-18-9-4-14-11-15(22)5-8-17(14)20(18)23-12/h3*2-3,5-8,11H,4,9-10H2,1H3,(H,25,26,27);2-3,5-8,11,26H,4,9-10H2,1H3,(H,24,25,27). The lowest BCUT2D eigenvalue weighted by atomic mass is 9.91. The second kappa shape index (κ2) is 32.9. The number of nitrogens with zero attached hydrogens (tertiary/aromatic N) is 8. The van der Waals surface area contributed by atoms with Crippen molar-refractivity contribution >= 4 is 74.4 Å². The minimum absolute atomic E-state index is 0.126. The van der Waals surface area contributed by atoms with Crippen LogP contribution in [-0.4, -0.2) is 68.6 Å². The first kappa shape index (κ1) is 74.5. The average Bonchev–Trinajstić information content (AvgIpc) is 0.793. The van der Waals surface area contributed by atoms with Crippen LogP contribution in [0.3, 0.4) is 0 Å². The first-order valence-corrected chi connectivity index (χ1v) is 36.0. The van der Waals surface area contributed by atoms with Gasteiger partial charge in [-0.05, 0) is 245 Å². The molecule has 24 heteroatoms. The van der Waals surface area contributed by atoms with Gasteiger partial charge in [-0.15, -0.1) is 0 Å². The minimum Gasteiger partial charge on any atom is -0.508 e. The lowest BCUT2D eigenvalue weighted by Gasteiger charge is -2.20. The fourth-order valence-corrected chi connectivity index (χ4v) is 13.5. The maximum atomic E-state index is 13.5. The van der Waals surface area contributed by atoms with E-state index in [0.717, 1.165) is 111 Å². The number of hydrogen-bond acceptors (Lipinski definition) is 13. The number of fused-ring (bicyclic) bond motifs is 12. The molecule has 4 aliphatic rings. The van der Waals surface area contributed by atoms with E-state index >= 15 is 0 Å². The molecule has 4 heterocycles. The lowest BCUT2D eigenvalue weighted by molar-refractivity contribution is -0.116. The van der Waals surface area contributed by atoms with Crippen molar-refractivity contribution in [2.75, 3.05) is 21.3 Å². The molecule has 12 aromatic rings. The van der Waals surface area contributed by atoms with Gasteiger partial charge in [0.15, 0.2) is 23.3 Å². The van der Waals surface area contributed by atoms with E-state index in [1.165, 1.54) is 42.5 Å². The topological polar surface area (TPSA) is 240 Å². The molecule has 4 amide bonds. The smallest absolute Gasteiger partial charge is 0.229 e. The van der Waals surface area contributed by atoms with Crippen molar-refractivity contribution in [1.29, 1.82) is 0 Å². The number of aromatic hydroxyl groups is 1. The number of aryl methyl sites for hydroxylation is 12. The van der Waals surface area contributed by atoms with Crippen molar-refractivity contribution in [3.8, 4) is 50.8 Å². The molecule has 108 heavy (non-hydrogen) atoms. The van der Waals surface area contributed by atoms with Gasteiger partial charge < -0.3 is 26.4 Å². The summed E-state index contributed by atoms with van der Waals surface area (Å²) in [6.45, 7) is 7.20. The van der Waals surface area contributed by atoms with Crippen LogP contribution in [0.5, 0.6) is 5.75 Å². The maximum absolute atomic E-state index is 13.5. The molecule has 0 spiro atoms. The molecule has 0 atom stereocenters. The molecule has 0 fully saturated rings. The summed E-state index contributed by atoms with van der Waals surface area (Å²) < 4.78 is 67.8. The molecule has 4 aliphatic carbocycles. The van der Waals surface area contributed by atoms with Crippen LogP contribution >= 0.6 is 27.5 Å². The van der Waals surface area contributed by atoms with E-state index in [1.54, 1.807) is 105 Å². The zero-order chi connectivity index (χ0) is 75.9. The summed E-state index contributed by atoms with van der Waals surface area (Å²) in [5, 5.41) is 21.3. The van der Waals surface area contributed by atoms with Crippen molar-refractivity contribution in [3.05, 3.63) is 298 Å². The summed E-state index contributed by atoms with van der Waals surface area (Å²) in [5.41, 5.74) is 19.4. The van der Waals surface area contributed by atoms with Gasteiger partial charge in [0.2, 0.25) is 23.6 Å². The molecule has 0 saturated heterocycles. The molecule has 17 nitrogen and oxygen atoms in total. The molecule has 0 bridgehead atoms. The highest BCUT2D eigenvalue weighted by Gasteiger charge is 2.27. The molecule has 544 valence electrons. The molecule has 5 N–H and O–H groups in total. The summed E-state index contributed by atoms with van der Waals surface area (Å²) in [5.74, 6) is -0.0617. The quantitative estimate of drug-likeness (QED) is 0.0716. The summed E-state index contributed by atoms with van der Waals surface area (Å²) in [4.78, 5) is 86.4. The Balaban J connectivity index is 0.000000127. The fourth-order valence-electron chi connectivity index (χ4n) is 13.1. The number of amides is 4. The van der Waals surface area contributed by atoms with Crippen LogP contribution in [-0.2, 0) is 96.2 Å². The minimum atomic E-state index is -0.337. The highest BCUT2D eigenvalue weighted by molar-refractivity contribution is 9.10. The summed E-state index contributed by atoms with van der Waals surface area (Å²) in [7, 11) is 0. The maximum Gasteiger partial charge on any atom is 0.229 e. The van der Waals surface area contributed by atoms with Gasteiger partial charge in [0, 0.05) is 31.7 Å². The van der Waals surface area contributed by atoms with Gasteiger partial charge in [-0.1, -0.05) is 76.1 Å². The highest BCUT2D eigenvalue weighted by atomic mass is 79.9. The van der Waals surface area contributed by atoms with Crippen molar-refractivity contribution < 1.29 is 46.2 Å². The predicted octanol–water partition coefficient (Wildman–Crippen LogP) is 16.7. The van der Waals surface area contributed by atoms with Gasteiger partial charge in [0.05, 0.1) is 94.0 Å². The fraction of sp³-hybridized carbons (Fsp3) is 0.190. The van der Waals surface area contributed by atoms with Crippen LogP contribution in [0.15, 0.2) is 174 Å². The van der Waals surface area contributed by atoms with Gasteiger partial charge >= 0.3 is 0 Å². The van der Waals surface area contributed by atoms with Crippen molar-refractivity contribution in [2.45, 2.75) is 105 Å². The van der Waals surface area contributed by atoms with E-state index < -0.39 is 0 Å². The molecule has 16 rings (SSSR count). The number of carbonyl (C=O) groups excluding carboxylic acids is 4. The first-order valence-electron chi connectivity index (χ1n) is 34.8. The molecule has 4 aromatic heterocycles. The van der Waals surface area contributed by atoms with Crippen molar-refractivity contribution in [1.82, 2.24) is 39.9 Å². The summed E-state index contributed by atoms with van der Waals surface area (Å²) in [6.07, 6.45) is 6.24. The number of nitrogens with one attached hydrogen (secondary N) is 4. The number of aromatic nitrogens is 8. The van der Waals surface area contributed by atoms with Gasteiger partial charge in [-0.3, -0.25) is 19.2 Å². The van der Waals surface area contributed by atoms with E-state index in [4.69, 9.17) is 11.6 Å². The Morgan fingerprint density at radius 2 is 0.583 bits per heavy atom. The Bertz CT molecular complexity index is 4810. The summed E-state index contributed by atoms with van der Waals surface area (Å²) >= 11 is 9.26. The number of benzene rings is 8. The van der Waals surface area contributed by atoms with Crippen molar-refractivity contribution in [2.24, 2.45) is 0 Å². The zero-order valence-corrected chi connectivity index (χ0v) is 61.3. The highest BCUT2D eigenvalue weighted by Crippen LogP contribution is 2.38. The van der Waals surface area contributed by atoms with Crippen LogP contribution in [0.25, 0.3) is 45.0 Å². The first-order chi connectivity index (χ1) is 52.0. The van der Waals surface area contributed by atoms with E-state index in [9.17, 15) is 46.2 Å². The number of phenols is 1. The Kier molecular flexibility index (Phi) is 22.7. The largest absolute Gasteiger partial charge is 0.508 e. The van der Waals surface area contributed by atoms with Gasteiger partial charge in [-0.2, -0.15) is 0 Å². The van der Waals surface area contributed by atoms with Crippen LogP contribution in [0.2, 0.25) is 5.02 Å². The summed E-state index contributed by atoms with van der Waals surface area (Å²) in [6, 6.07) is 46.0. The molecule has 0 aliphatic heterocycles. The molecule has 0 radical (unpaired) electrons. The van der Waals surface area contributed by atoms with Crippen molar-refractivity contribution in [3.63, 3.8) is 0 Å². The molecule has 0 saturated carbocycles. The molecule has 0 unspecified atom stereocenters. The van der Waals surface area contributed by atoms with Crippen LogP contribution < -0.4 is 21.3 Å². The molecular formula is C84H69BrClF5N12O5. The number of carbonyl (C=O) groups is 4. The third-order valence-corrected chi connectivity index (χ3v) is 19.3. The average molecular weight is 1540 g/mol. The Hall–Kier alpha value is -11.8. The van der Waals surface area contributed by atoms with Crippen LogP contribution in [0, 0.1) is 56.8 Å². The third-order valence-electron chi connectivity index (χ3n) is 18.5. The van der Waals surface area contributed by atoms with E-state index in [1.807, 2.05) is 50.2 Å². The molecular weight excluding hydrogens is 1470 g/mol. The second-order valence-corrected chi connectivity index (χ2v) is 27.8.